The van der Waals surface area contributed by atoms with Crippen molar-refractivity contribution in [3.8, 4) is 57.5 Å². The SMILES string of the molecule is [2H]C([2H])([2H])Oc1cc2c(cc1OC([2H])([2H])[2H])C([2H])([2H])C([2H])([2H])N1CC(C([2H])([2H])C(C)(C([2H])([2H])[2H])C([2H])([2H])[2H])C(O)CC21[2H].[2H]C([2H])([2H])Oc1cc2c(cc1OC([2H])([2H])[2H])C([2H])([2H])C([2H])([2H])N1CC(CC(C)C)C(O)CC21[2H].[2H]C([2H])([2H])Oc1cc2c(cc1OC)C([2H])([2H])C([2H])([2H])N1CC([2H])(CC(C)C)C([2H])(O)C([2H])([2H])C21[2H].[2H]C([2H])([2H])Oc1cc2c(cc1OC)C1([2H])N(CC([2H])(CC(C)C)C([2H])(O)C1([2H])[2H])C([2H])([2H])C2([2H])[2H].[2H]C1(CC(C)C)CN2C([2H])([2H])C([2H])([2H])c3cc(OC)c(OC)cc3C2([2H])C([2H])([2H])C1([2H])O. The lowest BCUT2D eigenvalue weighted by atomic mass is 9.75. The minimum Gasteiger partial charge on any atom is -0.493 e. The molecule has 0 radical (unpaired) electrons. The van der Waals surface area contributed by atoms with Crippen LogP contribution >= 0.6 is 0 Å². The van der Waals surface area contributed by atoms with Crippen molar-refractivity contribution in [2.24, 2.45) is 58.6 Å². The van der Waals surface area contributed by atoms with Crippen LogP contribution in [0.15, 0.2) is 60.7 Å². The van der Waals surface area contributed by atoms with Gasteiger partial charge in [-0.2, -0.15) is 0 Å². The number of aryl methyl sites for hydroxylation is 5. The van der Waals surface area contributed by atoms with Crippen molar-refractivity contribution in [1.82, 2.24) is 24.5 Å². The molecule has 10 aliphatic heterocycles. The first-order valence-corrected chi connectivity index (χ1v) is 37.5. The molecule has 5 saturated heterocycles. The van der Waals surface area contributed by atoms with Gasteiger partial charge >= 0.3 is 0 Å². The Kier molecular flexibility index (Phi) is 13.5. The zero-order valence-corrected chi connectivity index (χ0v) is 66.7. The summed E-state index contributed by atoms with van der Waals surface area (Å²) in [6, 6.07) is -3.71. The van der Waals surface area contributed by atoms with E-state index in [0.717, 1.165) is 67.7 Å². The van der Waals surface area contributed by atoms with E-state index in [1.807, 2.05) is 13.8 Å². The number of benzene rings is 5. The predicted octanol–water partition coefficient (Wildman–Crippen LogP) is 15.5. The number of aliphatic hydroxyl groups excluding tert-OH is 2. The van der Waals surface area contributed by atoms with E-state index in [1.54, 1.807) is 41.5 Å². The summed E-state index contributed by atoms with van der Waals surface area (Å²) in [5, 5.41) is 55.4. The van der Waals surface area contributed by atoms with Crippen molar-refractivity contribution in [2.45, 2.75) is 232 Å². The summed E-state index contributed by atoms with van der Waals surface area (Å²) in [4.78, 5) is 3.29. The molecule has 5 aromatic carbocycles. The molecule has 15 rings (SSSR count). The molecule has 0 amide bonds. The molecule has 0 aliphatic carbocycles. The van der Waals surface area contributed by atoms with E-state index < -0.39 is 342 Å². The van der Waals surface area contributed by atoms with E-state index in [9.17, 15) is 32.4 Å². The van der Waals surface area contributed by atoms with E-state index >= 15 is 0 Å². The maximum atomic E-state index is 11.2. The Balaban J connectivity index is 0.000000209. The Hall–Kier alpha value is -6.30. The van der Waals surface area contributed by atoms with Gasteiger partial charge in [0.2, 0.25) is 0 Å². The van der Waals surface area contributed by atoms with Crippen LogP contribution in [-0.2, 0) is 31.9 Å². The number of piperidine rings is 5. The van der Waals surface area contributed by atoms with E-state index in [2.05, 4.69) is 0 Å². The number of nitrogens with zero attached hydrogens (tertiary/aromatic N) is 5. The molecule has 5 fully saturated rings. The third-order valence-electron chi connectivity index (χ3n) is 20.0. The van der Waals surface area contributed by atoms with Crippen LogP contribution in [0.1, 0.15) is 312 Å². The summed E-state index contributed by atoms with van der Waals surface area (Å²) in [6.07, 6.45) is -41.4. The molecule has 0 aromatic heterocycles. The molecule has 5 N–H and O–H groups in total. The van der Waals surface area contributed by atoms with Crippen molar-refractivity contribution in [1.29, 1.82) is 0 Å². The fraction of sp³-hybridized carbons (Fsp3) is 0.688. The molecule has 0 saturated carbocycles. The van der Waals surface area contributed by atoms with E-state index in [1.165, 1.54) is 20.3 Å². The van der Waals surface area contributed by atoms with Crippen LogP contribution in [0.2, 0.25) is 0 Å². The minimum atomic E-state index is -3.46. The van der Waals surface area contributed by atoms with Gasteiger partial charge in [0.1, 0.15) is 0 Å². The summed E-state index contributed by atoms with van der Waals surface area (Å²) < 4.78 is 571. The number of aliphatic hydroxyl groups is 5. The molecule has 0 bridgehead atoms. The van der Waals surface area contributed by atoms with Gasteiger partial charge < -0.3 is 72.9 Å². The Morgan fingerprint density at radius 3 is 0.871 bits per heavy atom. The van der Waals surface area contributed by atoms with Crippen LogP contribution in [0.25, 0.3) is 0 Å². The summed E-state index contributed by atoms with van der Waals surface area (Å²) in [5.41, 5.74) is -7.48. The van der Waals surface area contributed by atoms with Crippen molar-refractivity contribution in [2.75, 3.05) is 136 Å². The van der Waals surface area contributed by atoms with Gasteiger partial charge in [-0.05, 0) is 271 Å². The Morgan fingerprint density at radius 1 is 0.362 bits per heavy atom. The average Bonchev–Trinajstić information content (AvgIpc) is 0.658. The molecule has 5 aromatic rings. The zero-order chi connectivity index (χ0) is 139. The first kappa shape index (κ1) is 38.8. The van der Waals surface area contributed by atoms with Crippen molar-refractivity contribution in [3.63, 3.8) is 0 Å². The van der Waals surface area contributed by atoms with Gasteiger partial charge in [0, 0.05) is 146 Å². The lowest BCUT2D eigenvalue weighted by molar-refractivity contribution is -0.0259. The van der Waals surface area contributed by atoms with Gasteiger partial charge in [-0.15, -0.1) is 0 Å². The monoisotopic (exact) mass is 1670 g/mol. The average molecular weight is 1670 g/mol. The normalized spacial score (nSPS) is 49.1. The molecule has 20 heteroatoms. The molecule has 0 spiro atoms. The van der Waals surface area contributed by atoms with Crippen LogP contribution in [0, 0.1) is 58.6 Å². The third-order valence-corrected chi connectivity index (χ3v) is 20.0. The van der Waals surface area contributed by atoms with Crippen LogP contribution in [0.3, 0.4) is 0 Å². The van der Waals surface area contributed by atoms with Crippen molar-refractivity contribution < 1.29 is 159 Å². The molecule has 15 unspecified atom stereocenters. The lowest BCUT2D eigenvalue weighted by Gasteiger charge is -2.47. The number of rotatable bonds is 19. The summed E-state index contributed by atoms with van der Waals surface area (Å²) in [6.45, 7) is -10.8. The number of hydrogen-bond donors (Lipinski definition) is 5. The molecular formula is C96H147N5O15. The first-order valence-electron chi connectivity index (χ1n) is 69.0. The zero-order valence-electron chi connectivity index (χ0n) is 130. The Labute approximate surface area is 784 Å². The second kappa shape index (κ2) is 40.4. The van der Waals surface area contributed by atoms with E-state index in [-0.39, 0.29) is 101 Å². The molecule has 10 heterocycles. The maximum absolute atomic E-state index is 11.2. The van der Waals surface area contributed by atoms with Gasteiger partial charge in [-0.25, -0.2) is 0 Å². The summed E-state index contributed by atoms with van der Waals surface area (Å²) in [5.74, 6) is -14.1. The standard InChI is InChI=1S/C20H31NO3.4C19H29NO3/c1-20(2,3)11-14-12-21-7-6-13-8-18(23-4)19(24-5)9-15(13)16(21)10-17(14)22;4*1-12(2)7-14-11-20-6-5-13-8-18(22-3)19(23-4)9-15(13)16(20)10-17(14)21/h8-9,14,16-17,22H,6-7,10-12H2,1-5H3;4*8-9,12,14,16-17,21H,5-7,10-11H2,1-4H3/i1D3,2D3,4D3,5D3,6D2,7D2,11D2,16D;4D3,5D2,6D2,10D2,14D,16D,17D;3D3,5D2,6D2,10D2,14D,16D,17D;5D2,6D2,10D2,14D,16D,17D;3D3,4D3,5D2,6D2,16D. The lowest BCUT2D eigenvalue weighted by Crippen LogP contribution is -2.48. The fourth-order valence-corrected chi connectivity index (χ4v) is 14.8. The fourth-order valence-electron chi connectivity index (χ4n) is 14.8. The van der Waals surface area contributed by atoms with Gasteiger partial charge in [0.05, 0.1) is 137 Å². The van der Waals surface area contributed by atoms with Gasteiger partial charge in [-0.3, -0.25) is 24.5 Å². The van der Waals surface area contributed by atoms with E-state index in [0.29, 0.717) is 39.0 Å². The molecular weight excluding hydrogens is 1460 g/mol. The molecule has 15 atom stereocenters. The third kappa shape index (κ3) is 21.3. The summed E-state index contributed by atoms with van der Waals surface area (Å²) >= 11 is 0. The quantitative estimate of drug-likeness (QED) is 0.0520. The highest BCUT2D eigenvalue weighted by Gasteiger charge is 2.45. The Bertz CT molecular complexity index is 6970. The predicted molar refractivity (Wildman–Crippen MR) is 460 cm³/mol. The minimum absolute atomic E-state index is 0.0605. The molecule has 10 aliphatic rings. The van der Waals surface area contributed by atoms with Gasteiger partial charge in [0.15, 0.2) is 57.5 Å². The smallest absolute Gasteiger partial charge is 0.161 e. The second-order valence-electron chi connectivity index (χ2n) is 30.6. The summed E-state index contributed by atoms with van der Waals surface area (Å²) in [7, 11) is -13.5. The number of methoxy groups -OCH3 is 10. The van der Waals surface area contributed by atoms with Crippen LogP contribution in [0.4, 0.5) is 0 Å². The topological polar surface area (TPSA) is 210 Å². The van der Waals surface area contributed by atoms with Crippen molar-refractivity contribution in [3.05, 3.63) is 116 Å². The Morgan fingerprint density at radius 2 is 0.603 bits per heavy atom. The maximum Gasteiger partial charge on any atom is 0.161 e. The van der Waals surface area contributed by atoms with Gasteiger partial charge in [0.25, 0.3) is 0 Å². The van der Waals surface area contributed by atoms with Crippen LogP contribution in [0.5, 0.6) is 57.5 Å². The number of ether oxygens (including phenoxy) is 10. The van der Waals surface area contributed by atoms with Crippen LogP contribution < -0.4 is 47.4 Å². The van der Waals surface area contributed by atoms with E-state index in [4.69, 9.17) is 127 Å². The van der Waals surface area contributed by atoms with Crippen LogP contribution in [-0.4, -0.2) is 216 Å². The highest BCUT2D eigenvalue weighted by atomic mass is 16.5. The number of hydrogen-bond acceptors (Lipinski definition) is 20. The molecule has 20 nitrogen and oxygen atoms in total. The molecule has 116 heavy (non-hydrogen) atoms. The first-order chi connectivity index (χ1) is 79.3. The highest BCUT2D eigenvalue weighted by Crippen LogP contribution is 2.51. The largest absolute Gasteiger partial charge is 0.493 e. The van der Waals surface area contributed by atoms with Crippen molar-refractivity contribution >= 4 is 0 Å². The molecule has 646 valence electrons. The van der Waals surface area contributed by atoms with Gasteiger partial charge in [-0.1, -0.05) is 76.0 Å². The second-order valence-corrected chi connectivity index (χ2v) is 30.6. The highest BCUT2D eigenvalue weighted by molar-refractivity contribution is 5.54. The number of fused-ring (bicyclic) bond motifs is 15.